The van der Waals surface area contributed by atoms with Crippen LogP contribution in [0.1, 0.15) is 24.6 Å². The molecule has 0 spiro atoms. The van der Waals surface area contributed by atoms with Gasteiger partial charge in [-0.1, -0.05) is 0 Å². The molecule has 4 rings (SSSR count). The van der Waals surface area contributed by atoms with Crippen LogP contribution in [0, 0.1) is 5.82 Å². The average Bonchev–Trinajstić information content (AvgIpc) is 3.27. The molecule has 1 N–H and O–H groups in total. The van der Waals surface area contributed by atoms with Gasteiger partial charge in [-0.2, -0.15) is 5.10 Å². The van der Waals surface area contributed by atoms with Crippen LogP contribution in [0.2, 0.25) is 0 Å². The third kappa shape index (κ3) is 2.65. The van der Waals surface area contributed by atoms with Crippen molar-refractivity contribution in [1.29, 1.82) is 0 Å². The van der Waals surface area contributed by atoms with E-state index in [1.54, 1.807) is 22.8 Å². The van der Waals surface area contributed by atoms with E-state index in [0.717, 1.165) is 30.8 Å². The molecule has 0 unspecified atom stereocenters. The highest BCUT2D eigenvalue weighted by Crippen LogP contribution is 2.38. The molecule has 0 saturated heterocycles. The lowest BCUT2D eigenvalue weighted by molar-refractivity contribution is 0.599. The minimum absolute atomic E-state index is 0.0113. The van der Waals surface area contributed by atoms with Crippen LogP contribution >= 0.6 is 0 Å². The van der Waals surface area contributed by atoms with Gasteiger partial charge >= 0.3 is 0 Å². The highest BCUT2D eigenvalue weighted by atomic mass is 32.2. The second-order valence-corrected chi connectivity index (χ2v) is 7.18. The summed E-state index contributed by atoms with van der Waals surface area (Å²) in [5.74, 6) is 0.618. The maximum atomic E-state index is 13.0. The fourth-order valence-electron chi connectivity index (χ4n) is 2.33. The van der Waals surface area contributed by atoms with Crippen LogP contribution < -0.4 is 4.72 Å². The normalized spacial score (nSPS) is 15.0. The van der Waals surface area contributed by atoms with Crippen LogP contribution in [-0.4, -0.2) is 23.0 Å². The van der Waals surface area contributed by atoms with Crippen LogP contribution in [0.4, 0.5) is 10.1 Å². The molecule has 1 aliphatic rings. The van der Waals surface area contributed by atoms with E-state index in [-0.39, 0.29) is 4.90 Å². The number of rotatable bonds is 4. The van der Waals surface area contributed by atoms with Crippen molar-refractivity contribution in [3.8, 4) is 0 Å². The number of aromatic nitrogens is 3. The monoisotopic (exact) mass is 332 g/mol. The Labute approximate surface area is 132 Å². The van der Waals surface area contributed by atoms with Crippen LogP contribution in [0.25, 0.3) is 5.65 Å². The molecule has 0 atom stereocenters. The molecular weight excluding hydrogens is 319 g/mol. The molecule has 6 nitrogen and oxygen atoms in total. The van der Waals surface area contributed by atoms with Gasteiger partial charge in [0.05, 0.1) is 10.6 Å². The molecule has 8 heteroatoms. The highest BCUT2D eigenvalue weighted by Gasteiger charge is 2.28. The van der Waals surface area contributed by atoms with E-state index in [1.807, 2.05) is 0 Å². The lowest BCUT2D eigenvalue weighted by Crippen LogP contribution is -2.13. The summed E-state index contributed by atoms with van der Waals surface area (Å²) in [5.41, 5.74) is 0.802. The van der Waals surface area contributed by atoms with E-state index in [9.17, 15) is 12.8 Å². The molecule has 0 amide bonds. The van der Waals surface area contributed by atoms with Gasteiger partial charge in [0.25, 0.3) is 10.0 Å². The van der Waals surface area contributed by atoms with Crippen molar-refractivity contribution in [2.45, 2.75) is 23.7 Å². The largest absolute Gasteiger partial charge is 0.276 e. The molecule has 2 aromatic heterocycles. The van der Waals surface area contributed by atoms with Gasteiger partial charge in [-0.15, -0.1) is 0 Å². The van der Waals surface area contributed by atoms with E-state index >= 15 is 0 Å². The van der Waals surface area contributed by atoms with E-state index in [4.69, 9.17) is 0 Å². The Morgan fingerprint density at radius 1 is 1.17 bits per heavy atom. The summed E-state index contributed by atoms with van der Waals surface area (Å²) in [7, 11) is -3.81. The molecule has 1 aliphatic carbocycles. The minimum atomic E-state index is -3.81. The van der Waals surface area contributed by atoms with Gasteiger partial charge in [-0.05, 0) is 49.2 Å². The Kier molecular flexibility index (Phi) is 3.08. The van der Waals surface area contributed by atoms with Gasteiger partial charge in [-0.3, -0.25) is 4.72 Å². The quantitative estimate of drug-likeness (QED) is 0.796. The summed E-state index contributed by atoms with van der Waals surface area (Å²) >= 11 is 0. The number of hydrogen-bond acceptors (Lipinski definition) is 4. The van der Waals surface area contributed by atoms with Gasteiger partial charge in [0, 0.05) is 12.1 Å². The second-order valence-electron chi connectivity index (χ2n) is 5.49. The molecule has 0 radical (unpaired) electrons. The first-order valence-electron chi connectivity index (χ1n) is 7.17. The number of nitrogens with one attached hydrogen (secondary N) is 1. The maximum absolute atomic E-state index is 13.0. The first-order valence-corrected chi connectivity index (χ1v) is 8.65. The third-order valence-electron chi connectivity index (χ3n) is 3.69. The molecule has 0 bridgehead atoms. The van der Waals surface area contributed by atoms with E-state index in [1.165, 1.54) is 12.1 Å². The maximum Gasteiger partial charge on any atom is 0.262 e. The SMILES string of the molecule is O=S(=O)(Nc1cccn2nc(C3CC3)nc12)c1ccc(F)cc1. The Bertz CT molecular complexity index is 978. The van der Waals surface area contributed by atoms with Gasteiger partial charge in [0.2, 0.25) is 0 Å². The smallest absolute Gasteiger partial charge is 0.262 e. The van der Waals surface area contributed by atoms with Crippen LogP contribution in [0.3, 0.4) is 0 Å². The molecule has 3 aromatic rings. The number of sulfonamides is 1. The van der Waals surface area contributed by atoms with Crippen molar-refractivity contribution in [2.24, 2.45) is 0 Å². The Hall–Kier alpha value is -2.48. The molecule has 1 saturated carbocycles. The predicted octanol–water partition coefficient (Wildman–Crippen LogP) is 2.55. The van der Waals surface area contributed by atoms with Crippen molar-refractivity contribution < 1.29 is 12.8 Å². The van der Waals surface area contributed by atoms with E-state index < -0.39 is 15.8 Å². The van der Waals surface area contributed by atoms with E-state index in [0.29, 0.717) is 17.3 Å². The summed E-state index contributed by atoms with van der Waals surface area (Å²) < 4.78 is 41.9. The number of nitrogens with zero attached hydrogens (tertiary/aromatic N) is 3. The topological polar surface area (TPSA) is 76.4 Å². The first kappa shape index (κ1) is 14.1. The van der Waals surface area contributed by atoms with Gasteiger partial charge < -0.3 is 0 Å². The van der Waals surface area contributed by atoms with Gasteiger partial charge in [0.1, 0.15) is 5.82 Å². The van der Waals surface area contributed by atoms with Crippen molar-refractivity contribution in [2.75, 3.05) is 4.72 Å². The lowest BCUT2D eigenvalue weighted by atomic mass is 10.4. The number of benzene rings is 1. The Morgan fingerprint density at radius 3 is 2.61 bits per heavy atom. The summed E-state index contributed by atoms with van der Waals surface area (Å²) in [4.78, 5) is 4.42. The fraction of sp³-hybridized carbons (Fsp3) is 0.200. The second kappa shape index (κ2) is 5.02. The fourth-order valence-corrected chi connectivity index (χ4v) is 3.40. The molecule has 2 heterocycles. The number of pyridine rings is 1. The molecule has 1 aromatic carbocycles. The molecule has 118 valence electrons. The Balaban J connectivity index is 1.72. The van der Waals surface area contributed by atoms with Crippen molar-refractivity contribution in [3.05, 3.63) is 54.2 Å². The third-order valence-corrected chi connectivity index (χ3v) is 5.07. The first-order chi connectivity index (χ1) is 11.0. The van der Waals surface area contributed by atoms with Crippen molar-refractivity contribution in [1.82, 2.24) is 14.6 Å². The van der Waals surface area contributed by atoms with Crippen LogP contribution in [-0.2, 0) is 10.0 Å². The predicted molar refractivity (Wildman–Crippen MR) is 82.2 cm³/mol. The summed E-state index contributed by atoms with van der Waals surface area (Å²) in [5, 5.41) is 4.37. The van der Waals surface area contributed by atoms with Crippen molar-refractivity contribution >= 4 is 21.4 Å². The van der Waals surface area contributed by atoms with Gasteiger partial charge in [0.15, 0.2) is 11.5 Å². The standard InChI is InChI=1S/C15H13FN4O2S/c16-11-5-7-12(8-6-11)23(21,22)19-13-2-1-9-20-15(13)17-14(18-20)10-3-4-10/h1-2,5-10,19H,3-4H2. The zero-order valence-electron chi connectivity index (χ0n) is 12.0. The number of fused-ring (bicyclic) bond motifs is 1. The zero-order chi connectivity index (χ0) is 16.0. The molecular formula is C15H13FN4O2S. The summed E-state index contributed by atoms with van der Waals surface area (Å²) in [6, 6.07) is 7.98. The highest BCUT2D eigenvalue weighted by molar-refractivity contribution is 7.92. The number of anilines is 1. The van der Waals surface area contributed by atoms with Crippen molar-refractivity contribution in [3.63, 3.8) is 0 Å². The molecule has 0 aliphatic heterocycles. The summed E-state index contributed by atoms with van der Waals surface area (Å²) in [6.07, 6.45) is 3.85. The number of hydrogen-bond donors (Lipinski definition) is 1. The van der Waals surface area contributed by atoms with E-state index in [2.05, 4.69) is 14.8 Å². The zero-order valence-corrected chi connectivity index (χ0v) is 12.8. The summed E-state index contributed by atoms with van der Waals surface area (Å²) in [6.45, 7) is 0. The minimum Gasteiger partial charge on any atom is -0.276 e. The molecule has 23 heavy (non-hydrogen) atoms. The van der Waals surface area contributed by atoms with Crippen LogP contribution in [0.15, 0.2) is 47.5 Å². The molecule has 1 fully saturated rings. The Morgan fingerprint density at radius 2 is 1.91 bits per heavy atom. The average molecular weight is 332 g/mol. The van der Waals surface area contributed by atoms with Gasteiger partial charge in [-0.25, -0.2) is 22.3 Å². The lowest BCUT2D eigenvalue weighted by Gasteiger charge is -2.08. The van der Waals surface area contributed by atoms with Crippen LogP contribution in [0.5, 0.6) is 0 Å². The number of halogens is 1.